The van der Waals surface area contributed by atoms with Crippen LogP contribution in [0, 0.1) is 6.92 Å². The summed E-state index contributed by atoms with van der Waals surface area (Å²) >= 11 is 0. The van der Waals surface area contributed by atoms with Crippen LogP contribution >= 0.6 is 0 Å². The molecule has 3 aromatic carbocycles. The topological polar surface area (TPSA) is 68.4 Å². The van der Waals surface area contributed by atoms with Crippen molar-refractivity contribution >= 4 is 33.4 Å². The van der Waals surface area contributed by atoms with Gasteiger partial charge in [0.2, 0.25) is 5.78 Å². The SMILES string of the molecule is COc1cc2ccccc2cc1C(=O)O[C@@H](C)C(=O)c1c(C)[nH]c2ccccc12. The van der Waals surface area contributed by atoms with Crippen molar-refractivity contribution in [3.8, 4) is 5.75 Å². The standard InChI is InChI=1S/C24H21NO4/c1-14-22(18-10-6-7-11-20(18)25-14)23(26)15(2)29-24(27)19-12-16-8-4-5-9-17(16)13-21(19)28-3/h4-13,15,25H,1-3H3/t15-/m0/s1. The minimum absolute atomic E-state index is 0.243. The molecule has 0 aliphatic heterocycles. The van der Waals surface area contributed by atoms with Gasteiger partial charge in [-0.3, -0.25) is 4.79 Å². The van der Waals surface area contributed by atoms with Crippen LogP contribution in [0.15, 0.2) is 60.7 Å². The highest BCUT2D eigenvalue weighted by Gasteiger charge is 2.26. The van der Waals surface area contributed by atoms with Gasteiger partial charge in [-0.15, -0.1) is 0 Å². The van der Waals surface area contributed by atoms with Crippen molar-refractivity contribution in [1.82, 2.24) is 4.98 Å². The van der Waals surface area contributed by atoms with E-state index in [1.807, 2.05) is 55.5 Å². The number of aryl methyl sites for hydroxylation is 1. The number of hydrogen-bond donors (Lipinski definition) is 1. The molecule has 5 heteroatoms. The first-order valence-corrected chi connectivity index (χ1v) is 9.39. The first-order valence-electron chi connectivity index (χ1n) is 9.39. The summed E-state index contributed by atoms with van der Waals surface area (Å²) in [4.78, 5) is 29.1. The van der Waals surface area contributed by atoms with Crippen molar-refractivity contribution in [2.75, 3.05) is 7.11 Å². The molecular weight excluding hydrogens is 366 g/mol. The van der Waals surface area contributed by atoms with E-state index in [2.05, 4.69) is 4.98 Å². The number of para-hydroxylation sites is 1. The molecule has 4 aromatic rings. The zero-order valence-electron chi connectivity index (χ0n) is 16.5. The molecule has 1 N–H and O–H groups in total. The van der Waals surface area contributed by atoms with Gasteiger partial charge >= 0.3 is 5.97 Å². The Hall–Kier alpha value is -3.60. The maximum atomic E-state index is 13.0. The Bertz CT molecular complexity index is 1240. The molecule has 5 nitrogen and oxygen atoms in total. The van der Waals surface area contributed by atoms with Crippen molar-refractivity contribution in [1.29, 1.82) is 0 Å². The molecule has 1 atom stereocenters. The quantitative estimate of drug-likeness (QED) is 0.384. The number of carbonyl (C=O) groups is 2. The predicted molar refractivity (Wildman–Crippen MR) is 113 cm³/mol. The third kappa shape index (κ3) is 3.36. The molecule has 0 saturated carbocycles. The van der Waals surface area contributed by atoms with Gasteiger partial charge in [0.25, 0.3) is 0 Å². The molecule has 29 heavy (non-hydrogen) atoms. The van der Waals surface area contributed by atoms with E-state index in [0.717, 1.165) is 27.4 Å². The van der Waals surface area contributed by atoms with Crippen molar-refractivity contribution in [3.63, 3.8) is 0 Å². The van der Waals surface area contributed by atoms with Crippen LogP contribution in [0.1, 0.15) is 33.3 Å². The van der Waals surface area contributed by atoms with Gasteiger partial charge < -0.3 is 14.5 Å². The first-order chi connectivity index (χ1) is 14.0. The lowest BCUT2D eigenvalue weighted by molar-refractivity contribution is 0.0316. The van der Waals surface area contributed by atoms with E-state index in [0.29, 0.717) is 16.9 Å². The van der Waals surface area contributed by atoms with Crippen LogP contribution in [-0.4, -0.2) is 30.0 Å². The minimum atomic E-state index is -0.934. The average Bonchev–Trinajstić information content (AvgIpc) is 3.07. The number of hydrogen-bond acceptors (Lipinski definition) is 4. The average molecular weight is 387 g/mol. The second kappa shape index (κ2) is 7.43. The highest BCUT2D eigenvalue weighted by Crippen LogP contribution is 2.28. The number of benzene rings is 3. The summed E-state index contributed by atoms with van der Waals surface area (Å²) < 4.78 is 10.9. The summed E-state index contributed by atoms with van der Waals surface area (Å²) in [6.45, 7) is 3.43. The zero-order valence-corrected chi connectivity index (χ0v) is 16.5. The van der Waals surface area contributed by atoms with Crippen molar-refractivity contribution in [2.24, 2.45) is 0 Å². The van der Waals surface area contributed by atoms with Gasteiger partial charge in [-0.25, -0.2) is 4.79 Å². The van der Waals surface area contributed by atoms with E-state index >= 15 is 0 Å². The summed E-state index contributed by atoms with van der Waals surface area (Å²) in [7, 11) is 1.50. The number of ketones is 1. The van der Waals surface area contributed by atoms with Crippen molar-refractivity contribution < 1.29 is 19.1 Å². The minimum Gasteiger partial charge on any atom is -0.496 e. The molecule has 0 fully saturated rings. The molecule has 4 rings (SSSR count). The van der Waals surface area contributed by atoms with E-state index < -0.39 is 12.1 Å². The van der Waals surface area contributed by atoms with Crippen LogP contribution in [0.2, 0.25) is 0 Å². The molecular formula is C24H21NO4. The molecule has 0 bridgehead atoms. The first kappa shape index (κ1) is 18.7. The number of esters is 1. The second-order valence-electron chi connectivity index (χ2n) is 6.98. The van der Waals surface area contributed by atoms with E-state index in [-0.39, 0.29) is 5.78 Å². The lowest BCUT2D eigenvalue weighted by atomic mass is 10.0. The monoisotopic (exact) mass is 387 g/mol. The number of rotatable bonds is 5. The molecule has 0 spiro atoms. The Morgan fingerprint density at radius 2 is 1.62 bits per heavy atom. The van der Waals surface area contributed by atoms with Gasteiger partial charge in [-0.2, -0.15) is 0 Å². The van der Waals surface area contributed by atoms with Gasteiger partial charge in [0, 0.05) is 22.2 Å². The number of ether oxygens (including phenoxy) is 2. The largest absolute Gasteiger partial charge is 0.496 e. The van der Waals surface area contributed by atoms with Crippen molar-refractivity contribution in [3.05, 3.63) is 77.5 Å². The number of fused-ring (bicyclic) bond motifs is 2. The Kier molecular flexibility index (Phi) is 4.80. The molecule has 1 heterocycles. The summed E-state index contributed by atoms with van der Waals surface area (Å²) in [5.74, 6) is -0.421. The molecule has 0 radical (unpaired) electrons. The van der Waals surface area contributed by atoms with Crippen LogP contribution in [-0.2, 0) is 4.74 Å². The van der Waals surface area contributed by atoms with Crippen LogP contribution in [0.5, 0.6) is 5.75 Å². The fraction of sp³-hybridized carbons (Fsp3) is 0.167. The molecule has 0 amide bonds. The van der Waals surface area contributed by atoms with Crippen molar-refractivity contribution in [2.45, 2.75) is 20.0 Å². The Morgan fingerprint density at radius 1 is 0.966 bits per heavy atom. The number of H-pyrrole nitrogens is 1. The molecule has 0 unspecified atom stereocenters. The third-order valence-electron chi connectivity index (χ3n) is 5.08. The summed E-state index contributed by atoms with van der Waals surface area (Å²) in [6, 6.07) is 18.8. The maximum Gasteiger partial charge on any atom is 0.342 e. The van der Waals surface area contributed by atoms with E-state index in [1.165, 1.54) is 7.11 Å². The Labute approximate surface area is 168 Å². The lowest BCUT2D eigenvalue weighted by Gasteiger charge is -2.15. The summed E-state index contributed by atoms with van der Waals surface area (Å²) in [6.07, 6.45) is -0.934. The second-order valence-corrected chi connectivity index (χ2v) is 6.98. The highest BCUT2D eigenvalue weighted by molar-refractivity contribution is 6.12. The maximum absolute atomic E-state index is 13.0. The fourth-order valence-corrected chi connectivity index (χ4v) is 3.62. The normalized spacial score (nSPS) is 12.1. The number of nitrogens with one attached hydrogen (secondary N) is 1. The zero-order chi connectivity index (χ0) is 20.5. The number of aromatic nitrogens is 1. The van der Waals surface area contributed by atoms with E-state index in [9.17, 15) is 9.59 Å². The molecule has 1 aromatic heterocycles. The van der Waals surface area contributed by atoms with Crippen LogP contribution < -0.4 is 4.74 Å². The van der Waals surface area contributed by atoms with E-state index in [1.54, 1.807) is 19.1 Å². The van der Waals surface area contributed by atoms with Crippen LogP contribution in [0.3, 0.4) is 0 Å². The van der Waals surface area contributed by atoms with Gasteiger partial charge in [0.1, 0.15) is 11.3 Å². The number of methoxy groups -OCH3 is 1. The van der Waals surface area contributed by atoms with E-state index in [4.69, 9.17) is 9.47 Å². The smallest absolute Gasteiger partial charge is 0.342 e. The third-order valence-corrected chi connectivity index (χ3v) is 5.08. The number of aromatic amines is 1. The van der Waals surface area contributed by atoms with Gasteiger partial charge in [0.05, 0.1) is 7.11 Å². The molecule has 0 aliphatic rings. The van der Waals surface area contributed by atoms with Crippen LogP contribution in [0.4, 0.5) is 0 Å². The fourth-order valence-electron chi connectivity index (χ4n) is 3.62. The van der Waals surface area contributed by atoms with Gasteiger partial charge in [0.15, 0.2) is 6.10 Å². The Balaban J connectivity index is 1.63. The number of carbonyl (C=O) groups excluding carboxylic acids is 2. The summed E-state index contributed by atoms with van der Waals surface area (Å²) in [5, 5.41) is 2.67. The Morgan fingerprint density at radius 3 is 2.34 bits per heavy atom. The summed E-state index contributed by atoms with van der Waals surface area (Å²) in [5.41, 5.74) is 2.47. The van der Waals surface area contributed by atoms with Crippen LogP contribution in [0.25, 0.3) is 21.7 Å². The lowest BCUT2D eigenvalue weighted by Crippen LogP contribution is -2.25. The number of Topliss-reactive ketones (excluding diaryl/α,β-unsaturated/α-hetero) is 1. The molecule has 146 valence electrons. The van der Waals surface area contributed by atoms with Gasteiger partial charge in [-0.05, 0) is 42.8 Å². The van der Waals surface area contributed by atoms with Gasteiger partial charge in [-0.1, -0.05) is 42.5 Å². The highest BCUT2D eigenvalue weighted by atomic mass is 16.5. The molecule has 0 aliphatic carbocycles. The predicted octanol–water partition coefficient (Wildman–Crippen LogP) is 5.07. The molecule has 0 saturated heterocycles.